The number of rotatable bonds is 2. The molecule has 13 heavy (non-hydrogen) atoms. The van der Waals surface area contributed by atoms with Crippen LogP contribution in [0, 0.1) is 0 Å². The molecule has 0 bridgehead atoms. The molecule has 4 nitrogen and oxygen atoms in total. The SMILES string of the molecule is Cn1ccnc1Sc1nccn1C. The summed E-state index contributed by atoms with van der Waals surface area (Å²) in [5.41, 5.74) is 0. The Morgan fingerprint density at radius 1 is 1.00 bits per heavy atom. The molecule has 0 aliphatic rings. The van der Waals surface area contributed by atoms with Gasteiger partial charge in [0, 0.05) is 38.9 Å². The number of aryl methyl sites for hydroxylation is 2. The van der Waals surface area contributed by atoms with Crippen molar-refractivity contribution in [1.29, 1.82) is 0 Å². The molecule has 0 spiro atoms. The Morgan fingerprint density at radius 2 is 1.46 bits per heavy atom. The molecule has 2 rings (SSSR count). The lowest BCUT2D eigenvalue weighted by atomic mass is 10.9. The van der Waals surface area contributed by atoms with Gasteiger partial charge in [-0.2, -0.15) is 0 Å². The van der Waals surface area contributed by atoms with Gasteiger partial charge in [0.05, 0.1) is 0 Å². The minimum absolute atomic E-state index is 0.953. The van der Waals surface area contributed by atoms with E-state index in [-0.39, 0.29) is 0 Å². The highest BCUT2D eigenvalue weighted by Gasteiger charge is 2.05. The van der Waals surface area contributed by atoms with E-state index in [1.54, 1.807) is 24.2 Å². The largest absolute Gasteiger partial charge is 0.329 e. The molecule has 0 saturated heterocycles. The van der Waals surface area contributed by atoms with Crippen molar-refractivity contribution in [2.45, 2.75) is 10.3 Å². The Kier molecular flexibility index (Phi) is 2.10. The third-order valence-electron chi connectivity index (χ3n) is 1.74. The highest BCUT2D eigenvalue weighted by atomic mass is 32.2. The van der Waals surface area contributed by atoms with Crippen molar-refractivity contribution >= 4 is 11.8 Å². The Morgan fingerprint density at radius 3 is 1.77 bits per heavy atom. The van der Waals surface area contributed by atoms with Crippen molar-refractivity contribution in [3.8, 4) is 0 Å². The highest BCUT2D eigenvalue weighted by molar-refractivity contribution is 7.99. The van der Waals surface area contributed by atoms with Gasteiger partial charge in [-0.05, 0) is 11.8 Å². The first kappa shape index (κ1) is 8.37. The second-order valence-electron chi connectivity index (χ2n) is 2.74. The van der Waals surface area contributed by atoms with E-state index in [0.29, 0.717) is 0 Å². The summed E-state index contributed by atoms with van der Waals surface area (Å²) in [5.74, 6) is 0. The van der Waals surface area contributed by atoms with Crippen LogP contribution >= 0.6 is 11.8 Å². The topological polar surface area (TPSA) is 35.6 Å². The van der Waals surface area contributed by atoms with Crippen LogP contribution in [0.3, 0.4) is 0 Å². The summed E-state index contributed by atoms with van der Waals surface area (Å²) in [5, 5.41) is 1.91. The van der Waals surface area contributed by atoms with Gasteiger partial charge in [-0.3, -0.25) is 0 Å². The molecule has 0 amide bonds. The number of imidazole rings is 2. The number of aromatic nitrogens is 4. The summed E-state index contributed by atoms with van der Waals surface area (Å²) in [6, 6.07) is 0. The first-order chi connectivity index (χ1) is 6.27. The van der Waals surface area contributed by atoms with Gasteiger partial charge >= 0.3 is 0 Å². The first-order valence-corrected chi connectivity index (χ1v) is 4.71. The van der Waals surface area contributed by atoms with Crippen molar-refractivity contribution in [3.05, 3.63) is 24.8 Å². The minimum atomic E-state index is 0.953. The number of hydrogen-bond donors (Lipinski definition) is 0. The van der Waals surface area contributed by atoms with Gasteiger partial charge in [0.1, 0.15) is 0 Å². The first-order valence-electron chi connectivity index (χ1n) is 3.90. The maximum atomic E-state index is 4.20. The van der Waals surface area contributed by atoms with Gasteiger partial charge in [-0.1, -0.05) is 0 Å². The van der Waals surface area contributed by atoms with Crippen LogP contribution in [-0.2, 0) is 14.1 Å². The standard InChI is InChI=1S/C8H10N4S/c1-11-5-3-9-7(11)13-8-10-4-6-12(8)2/h3-6H,1-2H3. The molecule has 2 aromatic rings. The van der Waals surface area contributed by atoms with E-state index in [0.717, 1.165) is 10.3 Å². The lowest BCUT2D eigenvalue weighted by molar-refractivity contribution is 0.761. The highest BCUT2D eigenvalue weighted by Crippen LogP contribution is 2.22. The van der Waals surface area contributed by atoms with Crippen molar-refractivity contribution < 1.29 is 0 Å². The average Bonchev–Trinajstić information content (AvgIpc) is 2.65. The van der Waals surface area contributed by atoms with Crippen LogP contribution < -0.4 is 0 Å². The summed E-state index contributed by atoms with van der Waals surface area (Å²) in [6.45, 7) is 0. The quantitative estimate of drug-likeness (QED) is 0.723. The van der Waals surface area contributed by atoms with Crippen molar-refractivity contribution in [3.63, 3.8) is 0 Å². The lowest BCUT2D eigenvalue weighted by Gasteiger charge is -2.00. The maximum absolute atomic E-state index is 4.20. The Bertz CT molecular complexity index is 365. The average molecular weight is 194 g/mol. The summed E-state index contributed by atoms with van der Waals surface area (Å²) < 4.78 is 3.94. The fourth-order valence-corrected chi connectivity index (χ4v) is 1.78. The molecule has 2 heterocycles. The molecule has 0 unspecified atom stereocenters. The van der Waals surface area contributed by atoms with Crippen molar-refractivity contribution in [2.75, 3.05) is 0 Å². The molecular formula is C8H10N4S. The van der Waals surface area contributed by atoms with E-state index in [1.165, 1.54) is 0 Å². The Hall–Kier alpha value is -1.23. The summed E-state index contributed by atoms with van der Waals surface area (Å²) in [4.78, 5) is 8.41. The van der Waals surface area contributed by atoms with Crippen molar-refractivity contribution in [1.82, 2.24) is 19.1 Å². The second kappa shape index (κ2) is 3.26. The van der Waals surface area contributed by atoms with E-state index in [4.69, 9.17) is 0 Å². The van der Waals surface area contributed by atoms with Gasteiger partial charge in [-0.25, -0.2) is 9.97 Å². The van der Waals surface area contributed by atoms with Crippen LogP contribution in [0.15, 0.2) is 35.1 Å². The molecule has 2 aromatic heterocycles. The molecule has 0 saturated carbocycles. The third kappa shape index (κ3) is 1.60. The van der Waals surface area contributed by atoms with Gasteiger partial charge in [0.2, 0.25) is 0 Å². The molecule has 0 atom stereocenters. The summed E-state index contributed by atoms with van der Waals surface area (Å²) >= 11 is 1.56. The summed E-state index contributed by atoms with van der Waals surface area (Å²) in [6.07, 6.45) is 7.41. The predicted octanol–water partition coefficient (Wildman–Crippen LogP) is 1.30. The van der Waals surface area contributed by atoms with E-state index in [9.17, 15) is 0 Å². The zero-order valence-corrected chi connectivity index (χ0v) is 8.32. The van der Waals surface area contributed by atoms with Crippen LogP contribution in [-0.4, -0.2) is 19.1 Å². The molecule has 0 fully saturated rings. The molecule has 0 radical (unpaired) electrons. The van der Waals surface area contributed by atoms with Crippen LogP contribution in [0.5, 0.6) is 0 Å². The molecular weight excluding hydrogens is 184 g/mol. The van der Waals surface area contributed by atoms with Gasteiger partial charge in [0.25, 0.3) is 0 Å². The van der Waals surface area contributed by atoms with E-state index in [1.807, 2.05) is 35.6 Å². The Balaban J connectivity index is 2.24. The van der Waals surface area contributed by atoms with Crippen LogP contribution in [0.4, 0.5) is 0 Å². The van der Waals surface area contributed by atoms with Gasteiger partial charge < -0.3 is 9.13 Å². The predicted molar refractivity (Wildman–Crippen MR) is 50.5 cm³/mol. The molecule has 0 aliphatic carbocycles. The number of hydrogen-bond acceptors (Lipinski definition) is 3. The monoisotopic (exact) mass is 194 g/mol. The Labute approximate surface area is 80.6 Å². The molecule has 68 valence electrons. The smallest absolute Gasteiger partial charge is 0.175 e. The fourth-order valence-electron chi connectivity index (χ4n) is 0.982. The van der Waals surface area contributed by atoms with E-state index in [2.05, 4.69) is 9.97 Å². The van der Waals surface area contributed by atoms with E-state index < -0.39 is 0 Å². The molecule has 0 aromatic carbocycles. The van der Waals surface area contributed by atoms with Gasteiger partial charge in [-0.15, -0.1) is 0 Å². The summed E-state index contributed by atoms with van der Waals surface area (Å²) in [7, 11) is 3.94. The maximum Gasteiger partial charge on any atom is 0.175 e. The van der Waals surface area contributed by atoms with Crippen LogP contribution in [0.2, 0.25) is 0 Å². The zero-order valence-electron chi connectivity index (χ0n) is 7.51. The lowest BCUT2D eigenvalue weighted by Crippen LogP contribution is -1.93. The third-order valence-corrected chi connectivity index (χ3v) is 2.89. The van der Waals surface area contributed by atoms with Gasteiger partial charge in [0.15, 0.2) is 10.3 Å². The minimum Gasteiger partial charge on any atom is -0.329 e. The van der Waals surface area contributed by atoms with Crippen LogP contribution in [0.1, 0.15) is 0 Å². The fraction of sp³-hybridized carbons (Fsp3) is 0.250. The zero-order chi connectivity index (χ0) is 9.26. The van der Waals surface area contributed by atoms with Crippen molar-refractivity contribution in [2.24, 2.45) is 14.1 Å². The second-order valence-corrected chi connectivity index (χ2v) is 3.68. The molecule has 0 N–H and O–H groups in total. The normalized spacial score (nSPS) is 10.6. The number of nitrogens with zero attached hydrogens (tertiary/aromatic N) is 4. The van der Waals surface area contributed by atoms with Crippen LogP contribution in [0.25, 0.3) is 0 Å². The van der Waals surface area contributed by atoms with E-state index >= 15 is 0 Å². The molecule has 0 aliphatic heterocycles. The molecule has 5 heteroatoms.